The highest BCUT2D eigenvalue weighted by Gasteiger charge is 2.63. The molecule has 19 aromatic rings. The van der Waals surface area contributed by atoms with Gasteiger partial charge in [0.25, 0.3) is 0 Å². The van der Waals surface area contributed by atoms with Crippen LogP contribution in [0.5, 0.6) is 0 Å². The largest absolute Gasteiger partial charge is 0.256 e. The number of para-hydroxylation sites is 1. The average Bonchev–Trinajstić information content (AvgIpc) is 1.44. The molecule has 0 fully saturated rings. The van der Waals surface area contributed by atoms with Gasteiger partial charge in [0.2, 0.25) is 0 Å². The Morgan fingerprint density at radius 2 is 0.445 bits per heavy atom. The second-order valence-corrected chi connectivity index (χ2v) is 31.1. The Hall–Kier alpha value is -13.9. The quantitative estimate of drug-likeness (QED) is 0.160. The maximum Gasteiger partial charge on any atom is 0.0780 e. The van der Waals surface area contributed by atoms with Gasteiger partial charge in [0.05, 0.1) is 27.2 Å². The van der Waals surface area contributed by atoms with Gasteiger partial charge in [-0.1, -0.05) is 376 Å². The minimum atomic E-state index is -0.806. The van der Waals surface area contributed by atoms with E-state index < -0.39 is 21.7 Å². The maximum atomic E-state index is 4.95. The second-order valence-electron chi connectivity index (χ2n) is 31.1. The van der Waals surface area contributed by atoms with E-state index in [1.165, 1.54) is 199 Å². The van der Waals surface area contributed by atoms with Gasteiger partial charge >= 0.3 is 0 Å². The molecule has 18 aromatic carbocycles. The van der Waals surface area contributed by atoms with Crippen LogP contribution in [0.15, 0.2) is 394 Å². The summed E-state index contributed by atoms with van der Waals surface area (Å²) in [7, 11) is 0. The van der Waals surface area contributed by atoms with Crippen molar-refractivity contribution in [2.45, 2.75) is 21.7 Å². The molecule has 506 valence electrons. The Bertz CT molecular complexity index is 7180. The van der Waals surface area contributed by atoms with Crippen molar-refractivity contribution in [1.29, 1.82) is 0 Å². The average molecular weight is 1390 g/mol. The van der Waals surface area contributed by atoms with E-state index in [1.54, 1.807) is 0 Å². The fourth-order valence-corrected chi connectivity index (χ4v) is 22.9. The van der Waals surface area contributed by atoms with E-state index >= 15 is 0 Å². The van der Waals surface area contributed by atoms with Gasteiger partial charge in [-0.05, 0) is 217 Å². The molecule has 0 saturated heterocycles. The number of fused-ring (bicyclic) bond motifs is 39. The third-order valence-electron chi connectivity index (χ3n) is 26.7. The predicted molar refractivity (Wildman–Crippen MR) is 452 cm³/mol. The number of pyridine rings is 1. The summed E-state index contributed by atoms with van der Waals surface area (Å²) in [5.41, 5.74) is 38.8. The summed E-state index contributed by atoms with van der Waals surface area (Å²) < 4.78 is 0. The number of benzene rings is 18. The summed E-state index contributed by atoms with van der Waals surface area (Å²) in [6, 6.07) is 150. The first kappa shape index (κ1) is 60.3. The summed E-state index contributed by atoms with van der Waals surface area (Å²) >= 11 is 0. The molecule has 1 heteroatoms. The molecule has 0 radical (unpaired) electrons. The van der Waals surface area contributed by atoms with Crippen molar-refractivity contribution >= 4 is 43.2 Å². The molecule has 1 aromatic heterocycles. The molecular formula is C109H65N. The smallest absolute Gasteiger partial charge is 0.0780 e. The minimum absolute atomic E-state index is 0.659. The number of nitrogens with zero attached hydrogens (tertiary/aromatic N) is 1. The van der Waals surface area contributed by atoms with E-state index in [-0.39, 0.29) is 0 Å². The molecule has 6 aliphatic carbocycles. The highest BCUT2D eigenvalue weighted by atomic mass is 14.7. The van der Waals surface area contributed by atoms with E-state index in [0.29, 0.717) is 0 Å². The molecular weight excluding hydrogens is 1320 g/mol. The summed E-state index contributed by atoms with van der Waals surface area (Å²) in [5.74, 6) is 0. The van der Waals surface area contributed by atoms with Crippen LogP contribution >= 0.6 is 0 Å². The molecule has 4 spiro atoms. The monoisotopic (exact) mass is 1390 g/mol. The molecule has 0 N–H and O–H groups in total. The van der Waals surface area contributed by atoms with Crippen LogP contribution < -0.4 is 0 Å². The van der Waals surface area contributed by atoms with E-state index in [4.69, 9.17) is 4.98 Å². The van der Waals surface area contributed by atoms with Crippen LogP contribution in [0.25, 0.3) is 132 Å². The first-order valence-electron chi connectivity index (χ1n) is 38.7. The van der Waals surface area contributed by atoms with E-state index in [2.05, 4.69) is 382 Å². The Morgan fingerprint density at radius 3 is 0.936 bits per heavy atom. The molecule has 6 aliphatic rings. The lowest BCUT2D eigenvalue weighted by molar-refractivity contribution is 0.634. The zero-order valence-corrected chi connectivity index (χ0v) is 60.0. The second kappa shape index (κ2) is 21.9. The van der Waals surface area contributed by atoms with Crippen LogP contribution in [0.4, 0.5) is 0 Å². The summed E-state index contributed by atoms with van der Waals surface area (Å²) in [6.07, 6.45) is 1.91. The third-order valence-corrected chi connectivity index (χ3v) is 26.7. The predicted octanol–water partition coefficient (Wildman–Crippen LogP) is 26.4. The van der Waals surface area contributed by atoms with Gasteiger partial charge in [0, 0.05) is 17.1 Å². The van der Waals surface area contributed by atoms with Crippen LogP contribution in [-0.4, -0.2) is 4.98 Å². The number of hydrogen-bond acceptors (Lipinski definition) is 1. The fourth-order valence-electron chi connectivity index (χ4n) is 22.9. The standard InChI is InChI=1S/C109H65N/c1-2-31-75-73(29-1)74-30-3-4-32-76(74)86-65-69(62-63-77(75)86)71-40-23-57-100-104(71)108(89-46-13-7-35-80(89)81-36-8-14-47-90(81)108)95-52-19-18-51-94(95)107(100)91-48-15-9-37-84(91)101-82(42-24-54-97(101)107)83-43-25-55-98-102(83)85-38-10-16-49-92(85)109(98)96-53-20-17-50-93(96)106(87-44-11-5-33-78(87)79-34-6-12-45-88(79)106)99-56-22-39-70(103(99)109)66-58-60-67(61-59-66)72-41-21-27-68-28-26-64-110-105(68)72/h1-65H. The van der Waals surface area contributed by atoms with Crippen LogP contribution in [0, 0.1) is 0 Å². The Kier molecular flexibility index (Phi) is 12.0. The van der Waals surface area contributed by atoms with Gasteiger partial charge in [-0.15, -0.1) is 0 Å². The summed E-state index contributed by atoms with van der Waals surface area (Å²) in [4.78, 5) is 4.95. The molecule has 110 heavy (non-hydrogen) atoms. The zero-order valence-electron chi connectivity index (χ0n) is 60.0. The number of rotatable bonds is 4. The number of aromatic nitrogens is 1. The lowest BCUT2D eigenvalue weighted by Crippen LogP contribution is -2.44. The van der Waals surface area contributed by atoms with Crippen LogP contribution in [-0.2, 0) is 21.7 Å². The van der Waals surface area contributed by atoms with Gasteiger partial charge in [0.15, 0.2) is 0 Å². The zero-order chi connectivity index (χ0) is 71.8. The molecule has 0 saturated carbocycles. The van der Waals surface area contributed by atoms with Crippen molar-refractivity contribution < 1.29 is 0 Å². The van der Waals surface area contributed by atoms with Crippen molar-refractivity contribution in [3.05, 3.63) is 483 Å². The Morgan fingerprint density at radius 1 is 0.164 bits per heavy atom. The normalized spacial score (nSPS) is 16.6. The van der Waals surface area contributed by atoms with Crippen molar-refractivity contribution in [2.24, 2.45) is 0 Å². The Labute approximate surface area is 638 Å². The van der Waals surface area contributed by atoms with Crippen LogP contribution in [0.3, 0.4) is 0 Å². The van der Waals surface area contributed by atoms with Crippen molar-refractivity contribution in [3.63, 3.8) is 0 Å². The molecule has 1 heterocycles. The Balaban J connectivity index is 0.770. The maximum absolute atomic E-state index is 4.95. The molecule has 0 aliphatic heterocycles. The SMILES string of the molecule is c1ccc2c(c1)-c1ccccc1C21c2ccccc2C2(c3ccccc3-c3c(-c4cccc5c4-c4ccccc4C54c5ccccc5C5(c6ccccc6-c6ccccc65)c5c(-c6ccc7c8ccccc8c8ccccc8c7c6)cccc54)cccc32)c2c(-c3ccc(-c4cccc5cccnc45)cc3)cccc21. The first-order chi connectivity index (χ1) is 54.6. The van der Waals surface area contributed by atoms with Gasteiger partial charge in [0.1, 0.15) is 0 Å². The van der Waals surface area contributed by atoms with Gasteiger partial charge in [-0.2, -0.15) is 0 Å². The molecule has 1 nitrogen and oxygen atoms in total. The van der Waals surface area contributed by atoms with E-state index in [1.807, 2.05) is 12.3 Å². The summed E-state index contributed by atoms with van der Waals surface area (Å²) in [5, 5.41) is 8.74. The molecule has 0 amide bonds. The van der Waals surface area contributed by atoms with Crippen LogP contribution in [0.2, 0.25) is 0 Å². The minimum Gasteiger partial charge on any atom is -0.256 e. The molecule has 25 rings (SSSR count). The van der Waals surface area contributed by atoms with E-state index in [0.717, 1.165) is 22.0 Å². The lowest BCUT2D eigenvalue weighted by Gasteiger charge is -2.49. The lowest BCUT2D eigenvalue weighted by atomic mass is 9.51. The van der Waals surface area contributed by atoms with Gasteiger partial charge in [-0.3, -0.25) is 4.98 Å². The topological polar surface area (TPSA) is 12.9 Å². The molecule has 2 unspecified atom stereocenters. The van der Waals surface area contributed by atoms with Gasteiger partial charge in [-0.25, -0.2) is 0 Å². The highest BCUT2D eigenvalue weighted by molar-refractivity contribution is 6.26. The van der Waals surface area contributed by atoms with Crippen LogP contribution in [0.1, 0.15) is 89.0 Å². The number of hydrogen-bond donors (Lipinski definition) is 0. The van der Waals surface area contributed by atoms with E-state index in [9.17, 15) is 0 Å². The van der Waals surface area contributed by atoms with Gasteiger partial charge < -0.3 is 0 Å². The van der Waals surface area contributed by atoms with Crippen molar-refractivity contribution in [3.8, 4) is 89.0 Å². The highest BCUT2D eigenvalue weighted by Crippen LogP contribution is 2.73. The van der Waals surface area contributed by atoms with Crippen molar-refractivity contribution in [1.82, 2.24) is 4.98 Å². The third kappa shape index (κ3) is 7.23. The fraction of sp³-hybridized carbons (Fsp3) is 0.0367. The first-order valence-corrected chi connectivity index (χ1v) is 38.7. The van der Waals surface area contributed by atoms with Crippen molar-refractivity contribution in [2.75, 3.05) is 0 Å². The summed E-state index contributed by atoms with van der Waals surface area (Å²) in [6.45, 7) is 0. The molecule has 0 bridgehead atoms. The molecule has 2 atom stereocenters.